The van der Waals surface area contributed by atoms with Gasteiger partial charge in [0.1, 0.15) is 5.82 Å². The van der Waals surface area contributed by atoms with E-state index >= 15 is 0 Å². The SMILES string of the molecule is CC(C)c1ccc(C=CC(=O)NCc2ccnc(N3CCCC3)c2)cc1. The van der Waals surface area contributed by atoms with Gasteiger partial charge in [-0.3, -0.25) is 4.79 Å². The van der Waals surface area contributed by atoms with Crippen LogP contribution in [0.1, 0.15) is 49.3 Å². The summed E-state index contributed by atoms with van der Waals surface area (Å²) in [5.74, 6) is 1.44. The Labute approximate surface area is 155 Å². The highest BCUT2D eigenvalue weighted by Gasteiger charge is 2.13. The molecule has 0 spiro atoms. The Morgan fingerprint density at radius 1 is 1.19 bits per heavy atom. The van der Waals surface area contributed by atoms with Crippen molar-refractivity contribution in [3.8, 4) is 0 Å². The van der Waals surface area contributed by atoms with Crippen LogP contribution in [0, 0.1) is 0 Å². The van der Waals surface area contributed by atoms with Crippen LogP contribution in [0.3, 0.4) is 0 Å². The number of amides is 1. The molecule has 136 valence electrons. The zero-order valence-electron chi connectivity index (χ0n) is 15.6. The summed E-state index contributed by atoms with van der Waals surface area (Å²) in [6, 6.07) is 12.3. The first-order valence-corrected chi connectivity index (χ1v) is 9.37. The average Bonchev–Trinajstić information content (AvgIpc) is 3.20. The van der Waals surface area contributed by atoms with Crippen LogP contribution < -0.4 is 10.2 Å². The number of pyridine rings is 1. The lowest BCUT2D eigenvalue weighted by Crippen LogP contribution is -2.22. The van der Waals surface area contributed by atoms with Crippen LogP contribution in [-0.4, -0.2) is 24.0 Å². The summed E-state index contributed by atoms with van der Waals surface area (Å²) in [6.07, 6.45) is 7.72. The molecular weight excluding hydrogens is 322 g/mol. The largest absolute Gasteiger partial charge is 0.357 e. The van der Waals surface area contributed by atoms with E-state index in [0.717, 1.165) is 30.0 Å². The van der Waals surface area contributed by atoms with E-state index in [2.05, 4.69) is 47.2 Å². The lowest BCUT2D eigenvalue weighted by atomic mass is 10.0. The van der Waals surface area contributed by atoms with E-state index in [9.17, 15) is 4.79 Å². The Hall–Kier alpha value is -2.62. The standard InChI is InChI=1S/C22H27N3O/c1-17(2)20-8-5-18(6-9-20)7-10-22(26)24-16-19-11-12-23-21(15-19)25-13-3-4-14-25/h5-12,15,17H,3-4,13-14,16H2,1-2H3,(H,24,26). The zero-order valence-corrected chi connectivity index (χ0v) is 15.6. The smallest absolute Gasteiger partial charge is 0.244 e. The molecule has 4 nitrogen and oxygen atoms in total. The first-order valence-electron chi connectivity index (χ1n) is 9.37. The normalized spacial score (nSPS) is 14.3. The average molecular weight is 349 g/mol. The summed E-state index contributed by atoms with van der Waals surface area (Å²) in [4.78, 5) is 18.8. The van der Waals surface area contributed by atoms with E-state index < -0.39 is 0 Å². The van der Waals surface area contributed by atoms with Gasteiger partial charge in [-0.2, -0.15) is 0 Å². The molecule has 2 aromatic rings. The van der Waals surface area contributed by atoms with Gasteiger partial charge in [-0.15, -0.1) is 0 Å². The maximum absolute atomic E-state index is 12.1. The molecule has 26 heavy (non-hydrogen) atoms. The zero-order chi connectivity index (χ0) is 18.4. The molecule has 0 atom stereocenters. The topological polar surface area (TPSA) is 45.2 Å². The maximum Gasteiger partial charge on any atom is 0.244 e. The lowest BCUT2D eigenvalue weighted by Gasteiger charge is -2.16. The summed E-state index contributed by atoms with van der Waals surface area (Å²) in [6.45, 7) is 7.00. The van der Waals surface area contributed by atoms with E-state index in [-0.39, 0.29) is 5.91 Å². The molecule has 1 amide bonds. The quantitative estimate of drug-likeness (QED) is 0.798. The number of nitrogens with one attached hydrogen (secondary N) is 1. The molecule has 1 aromatic heterocycles. The minimum Gasteiger partial charge on any atom is -0.357 e. The van der Waals surface area contributed by atoms with Crippen molar-refractivity contribution in [2.75, 3.05) is 18.0 Å². The highest BCUT2D eigenvalue weighted by molar-refractivity contribution is 5.91. The van der Waals surface area contributed by atoms with E-state index in [1.165, 1.54) is 18.4 Å². The van der Waals surface area contributed by atoms with E-state index in [0.29, 0.717) is 12.5 Å². The maximum atomic E-state index is 12.1. The van der Waals surface area contributed by atoms with Gasteiger partial charge in [0.05, 0.1) is 0 Å². The number of nitrogens with zero attached hydrogens (tertiary/aromatic N) is 2. The van der Waals surface area contributed by atoms with Crippen LogP contribution in [0.15, 0.2) is 48.7 Å². The van der Waals surface area contributed by atoms with Crippen LogP contribution >= 0.6 is 0 Å². The van der Waals surface area contributed by atoms with Crippen molar-refractivity contribution in [3.05, 3.63) is 65.4 Å². The van der Waals surface area contributed by atoms with Crippen molar-refractivity contribution >= 4 is 17.8 Å². The van der Waals surface area contributed by atoms with Gasteiger partial charge in [-0.1, -0.05) is 38.1 Å². The molecule has 1 aliphatic rings. The van der Waals surface area contributed by atoms with Crippen molar-refractivity contribution < 1.29 is 4.79 Å². The van der Waals surface area contributed by atoms with E-state index in [1.54, 1.807) is 6.08 Å². The van der Waals surface area contributed by atoms with Gasteiger partial charge in [-0.25, -0.2) is 4.98 Å². The first kappa shape index (κ1) is 18.2. The molecule has 0 bridgehead atoms. The molecule has 1 aliphatic heterocycles. The third-order valence-corrected chi connectivity index (χ3v) is 4.74. The molecule has 1 N–H and O–H groups in total. The number of aromatic nitrogens is 1. The van der Waals surface area contributed by atoms with Gasteiger partial charge in [0, 0.05) is 31.9 Å². The van der Waals surface area contributed by atoms with Crippen LogP contribution in [-0.2, 0) is 11.3 Å². The second-order valence-corrected chi connectivity index (χ2v) is 7.09. The molecule has 0 radical (unpaired) electrons. The van der Waals surface area contributed by atoms with Gasteiger partial charge < -0.3 is 10.2 Å². The summed E-state index contributed by atoms with van der Waals surface area (Å²) in [5, 5.41) is 2.94. The van der Waals surface area contributed by atoms with E-state index in [4.69, 9.17) is 0 Å². The predicted molar refractivity (Wildman–Crippen MR) is 107 cm³/mol. The second kappa shape index (κ2) is 8.65. The Balaban J connectivity index is 1.53. The minimum atomic E-state index is -0.0857. The van der Waals surface area contributed by atoms with Crippen molar-refractivity contribution in [1.29, 1.82) is 0 Å². The van der Waals surface area contributed by atoms with Crippen LogP contribution in [0.2, 0.25) is 0 Å². The monoisotopic (exact) mass is 349 g/mol. The molecule has 1 saturated heterocycles. The number of carbonyl (C=O) groups excluding carboxylic acids is 1. The molecular formula is C22H27N3O. The molecule has 4 heteroatoms. The molecule has 0 aliphatic carbocycles. The van der Waals surface area contributed by atoms with Gasteiger partial charge in [0.15, 0.2) is 0 Å². The second-order valence-electron chi connectivity index (χ2n) is 7.09. The van der Waals surface area contributed by atoms with Crippen molar-refractivity contribution in [2.24, 2.45) is 0 Å². The Morgan fingerprint density at radius 2 is 1.92 bits per heavy atom. The number of benzene rings is 1. The Bertz CT molecular complexity index is 759. The lowest BCUT2D eigenvalue weighted by molar-refractivity contribution is -0.116. The van der Waals surface area contributed by atoms with Gasteiger partial charge in [0.25, 0.3) is 0 Å². The molecule has 0 unspecified atom stereocenters. The Morgan fingerprint density at radius 3 is 2.62 bits per heavy atom. The van der Waals surface area contributed by atoms with Crippen LogP contribution in [0.25, 0.3) is 6.08 Å². The summed E-state index contributed by atoms with van der Waals surface area (Å²) >= 11 is 0. The van der Waals surface area contributed by atoms with Crippen LogP contribution in [0.4, 0.5) is 5.82 Å². The highest BCUT2D eigenvalue weighted by Crippen LogP contribution is 2.18. The summed E-state index contributed by atoms with van der Waals surface area (Å²) in [5.41, 5.74) is 3.41. The number of carbonyl (C=O) groups is 1. The molecule has 0 saturated carbocycles. The predicted octanol–water partition coefficient (Wildman–Crippen LogP) is 4.13. The molecule has 1 aromatic carbocycles. The van der Waals surface area contributed by atoms with Crippen molar-refractivity contribution in [1.82, 2.24) is 10.3 Å². The van der Waals surface area contributed by atoms with Crippen molar-refractivity contribution in [2.45, 2.75) is 39.2 Å². The Kier molecular flexibility index (Phi) is 6.05. The van der Waals surface area contributed by atoms with Crippen molar-refractivity contribution in [3.63, 3.8) is 0 Å². The number of hydrogen-bond acceptors (Lipinski definition) is 3. The minimum absolute atomic E-state index is 0.0857. The third kappa shape index (κ3) is 4.94. The fourth-order valence-corrected chi connectivity index (χ4v) is 3.10. The third-order valence-electron chi connectivity index (χ3n) is 4.74. The first-order chi connectivity index (χ1) is 12.6. The number of rotatable bonds is 6. The molecule has 2 heterocycles. The van der Waals surface area contributed by atoms with Gasteiger partial charge in [0.2, 0.25) is 5.91 Å². The molecule has 3 rings (SSSR count). The van der Waals surface area contributed by atoms with Crippen LogP contribution in [0.5, 0.6) is 0 Å². The fraction of sp³-hybridized carbons (Fsp3) is 0.364. The number of hydrogen-bond donors (Lipinski definition) is 1. The van der Waals surface area contributed by atoms with E-state index in [1.807, 2.05) is 30.5 Å². The summed E-state index contributed by atoms with van der Waals surface area (Å²) < 4.78 is 0. The summed E-state index contributed by atoms with van der Waals surface area (Å²) in [7, 11) is 0. The highest BCUT2D eigenvalue weighted by atomic mass is 16.1. The van der Waals surface area contributed by atoms with Gasteiger partial charge in [-0.05, 0) is 53.7 Å². The molecule has 1 fully saturated rings. The van der Waals surface area contributed by atoms with Gasteiger partial charge >= 0.3 is 0 Å². The number of anilines is 1. The fourth-order valence-electron chi connectivity index (χ4n) is 3.10.